The first-order valence-corrected chi connectivity index (χ1v) is 25.9. The predicted octanol–water partition coefficient (Wildman–Crippen LogP) is 15.5. The Kier molecular flexibility index (Phi) is 46.1. The van der Waals surface area contributed by atoms with Crippen LogP contribution in [0, 0.1) is 0 Å². The van der Waals surface area contributed by atoms with E-state index in [1.54, 1.807) is 0 Å². The van der Waals surface area contributed by atoms with Gasteiger partial charge in [0.15, 0.2) is 0 Å². The fourth-order valence-electron chi connectivity index (χ4n) is 7.72. The number of ether oxygens (including phenoxy) is 1. The molecule has 0 fully saturated rings. The van der Waals surface area contributed by atoms with Crippen molar-refractivity contribution in [3.05, 3.63) is 48.6 Å². The predicted molar refractivity (Wildman–Crippen MR) is 259 cm³/mol. The summed E-state index contributed by atoms with van der Waals surface area (Å²) in [5.74, 6) is -0.534. The molecule has 0 rings (SSSR count). The third-order valence-electron chi connectivity index (χ3n) is 11.7. The number of aliphatic hydroxyl groups is 2. The molecule has 0 aromatic carbocycles. The summed E-state index contributed by atoms with van der Waals surface area (Å²) in [5, 5.41) is 23.7. The summed E-state index contributed by atoms with van der Waals surface area (Å²) < 4.78 is 5.91. The van der Waals surface area contributed by atoms with Crippen molar-refractivity contribution in [3.63, 3.8) is 0 Å². The summed E-state index contributed by atoms with van der Waals surface area (Å²) >= 11 is 0. The molecule has 1 amide bonds. The molecular formula is C54H99NO5. The van der Waals surface area contributed by atoms with Crippen LogP contribution in [0.3, 0.4) is 0 Å². The van der Waals surface area contributed by atoms with Gasteiger partial charge in [-0.3, -0.25) is 9.59 Å². The summed E-state index contributed by atoms with van der Waals surface area (Å²) in [7, 11) is 0. The Bertz CT molecular complexity index is 1040. The number of allylic oxidation sites excluding steroid dienone is 8. The number of carbonyl (C=O) groups excluding carboxylic acids is 2. The number of amides is 1. The van der Waals surface area contributed by atoms with E-state index >= 15 is 0 Å². The highest BCUT2D eigenvalue weighted by Crippen LogP contribution is 2.18. The first-order chi connectivity index (χ1) is 29.5. The van der Waals surface area contributed by atoms with E-state index < -0.39 is 18.2 Å². The van der Waals surface area contributed by atoms with Gasteiger partial charge in [-0.2, -0.15) is 0 Å². The molecule has 3 N–H and O–H groups in total. The second-order valence-electron chi connectivity index (χ2n) is 17.6. The summed E-state index contributed by atoms with van der Waals surface area (Å²) in [4.78, 5) is 26.1. The molecule has 0 saturated heterocycles. The van der Waals surface area contributed by atoms with Crippen LogP contribution in [0.15, 0.2) is 48.6 Å². The molecule has 0 aliphatic carbocycles. The Morgan fingerprint density at radius 3 is 1.28 bits per heavy atom. The molecular weight excluding hydrogens is 743 g/mol. The van der Waals surface area contributed by atoms with Gasteiger partial charge in [0.1, 0.15) is 6.10 Å². The maximum atomic E-state index is 13.2. The Morgan fingerprint density at radius 2 is 0.850 bits per heavy atom. The monoisotopic (exact) mass is 842 g/mol. The molecule has 0 aliphatic heterocycles. The van der Waals surface area contributed by atoms with Gasteiger partial charge in [0.05, 0.1) is 25.2 Å². The van der Waals surface area contributed by atoms with E-state index in [-0.39, 0.29) is 24.9 Å². The molecule has 0 bridgehead atoms. The fraction of sp³-hybridized carbons (Fsp3) is 0.815. The fourth-order valence-corrected chi connectivity index (χ4v) is 7.72. The molecule has 3 unspecified atom stereocenters. The lowest BCUT2D eigenvalue weighted by atomic mass is 10.0. The standard InChI is InChI=1S/C54H99NO5/c1-4-7-10-13-16-19-21-23-25-26-28-30-32-35-38-41-44-47-54(59)60-50(45-42-39-36-34-31-29-27-24-22-20-17-14-11-8-5-2)48-53(58)55-51(49-56)52(57)46-43-40-37-33-18-15-12-9-6-3/h16,19,23,25,28,30,35,38,50-52,56-57H,4-15,17-18,20-22,24,26-27,29,31-34,36-37,39-49H2,1-3H3,(H,55,58)/b19-16-,25-23-,30-28-,38-35-. The smallest absolute Gasteiger partial charge is 0.306 e. The molecule has 0 spiro atoms. The second kappa shape index (κ2) is 47.9. The normalized spacial score (nSPS) is 13.6. The zero-order valence-electron chi connectivity index (χ0n) is 39.8. The van der Waals surface area contributed by atoms with Gasteiger partial charge in [-0.05, 0) is 64.2 Å². The van der Waals surface area contributed by atoms with Crippen LogP contribution in [0.1, 0.15) is 258 Å². The Balaban J connectivity index is 4.65. The van der Waals surface area contributed by atoms with Gasteiger partial charge in [-0.25, -0.2) is 0 Å². The zero-order chi connectivity index (χ0) is 43.8. The van der Waals surface area contributed by atoms with Gasteiger partial charge in [0.2, 0.25) is 5.91 Å². The molecule has 350 valence electrons. The summed E-state index contributed by atoms with van der Waals surface area (Å²) in [6.45, 7) is 6.43. The van der Waals surface area contributed by atoms with Crippen molar-refractivity contribution in [1.29, 1.82) is 0 Å². The van der Waals surface area contributed by atoms with Crippen molar-refractivity contribution < 1.29 is 24.5 Å². The molecule has 0 aliphatic rings. The number of hydrogen-bond donors (Lipinski definition) is 3. The van der Waals surface area contributed by atoms with Crippen LogP contribution in [0.25, 0.3) is 0 Å². The third kappa shape index (κ3) is 42.5. The minimum absolute atomic E-state index is 0.0583. The lowest BCUT2D eigenvalue weighted by Gasteiger charge is -2.24. The van der Waals surface area contributed by atoms with E-state index in [0.29, 0.717) is 25.7 Å². The van der Waals surface area contributed by atoms with Crippen LogP contribution in [-0.2, 0) is 14.3 Å². The first-order valence-electron chi connectivity index (χ1n) is 25.9. The number of rotatable bonds is 46. The Morgan fingerprint density at radius 1 is 0.483 bits per heavy atom. The van der Waals surface area contributed by atoms with Crippen LogP contribution in [0.2, 0.25) is 0 Å². The molecule has 0 aromatic heterocycles. The minimum Gasteiger partial charge on any atom is -0.462 e. The molecule has 6 heteroatoms. The Labute approximate surface area is 372 Å². The minimum atomic E-state index is -0.794. The average Bonchev–Trinajstić information content (AvgIpc) is 3.24. The number of esters is 1. The van der Waals surface area contributed by atoms with Crippen molar-refractivity contribution in [2.24, 2.45) is 0 Å². The molecule has 0 heterocycles. The SMILES string of the molecule is CCCCC/C=C\C/C=C\C/C=C\C/C=C\CCCC(=O)OC(CCCCCCCCCCCCCCCCC)CC(=O)NC(CO)C(O)CCCCCCCCCCC. The highest BCUT2D eigenvalue weighted by Gasteiger charge is 2.24. The van der Waals surface area contributed by atoms with E-state index in [2.05, 4.69) is 74.7 Å². The number of nitrogens with one attached hydrogen (secondary N) is 1. The molecule has 3 atom stereocenters. The van der Waals surface area contributed by atoms with Crippen LogP contribution in [0.4, 0.5) is 0 Å². The average molecular weight is 842 g/mol. The molecule has 0 radical (unpaired) electrons. The van der Waals surface area contributed by atoms with Gasteiger partial charge in [0, 0.05) is 6.42 Å². The van der Waals surface area contributed by atoms with E-state index in [0.717, 1.165) is 64.2 Å². The van der Waals surface area contributed by atoms with Crippen molar-refractivity contribution in [2.45, 2.75) is 277 Å². The van der Waals surface area contributed by atoms with Crippen molar-refractivity contribution >= 4 is 11.9 Å². The number of aliphatic hydroxyl groups excluding tert-OH is 2. The van der Waals surface area contributed by atoms with Gasteiger partial charge < -0.3 is 20.3 Å². The molecule has 6 nitrogen and oxygen atoms in total. The number of hydrogen-bond acceptors (Lipinski definition) is 5. The van der Waals surface area contributed by atoms with Crippen LogP contribution in [-0.4, -0.2) is 46.9 Å². The van der Waals surface area contributed by atoms with Crippen LogP contribution >= 0.6 is 0 Å². The first kappa shape index (κ1) is 57.8. The van der Waals surface area contributed by atoms with E-state index in [9.17, 15) is 19.8 Å². The van der Waals surface area contributed by atoms with Crippen LogP contribution < -0.4 is 5.32 Å². The maximum Gasteiger partial charge on any atom is 0.306 e. The quantitative estimate of drug-likeness (QED) is 0.0322. The van der Waals surface area contributed by atoms with Gasteiger partial charge in [-0.15, -0.1) is 0 Å². The lowest BCUT2D eigenvalue weighted by molar-refractivity contribution is -0.151. The van der Waals surface area contributed by atoms with Crippen molar-refractivity contribution in [2.75, 3.05) is 6.61 Å². The molecule has 0 saturated carbocycles. The zero-order valence-corrected chi connectivity index (χ0v) is 39.8. The van der Waals surface area contributed by atoms with E-state index in [1.807, 2.05) is 0 Å². The van der Waals surface area contributed by atoms with Gasteiger partial charge >= 0.3 is 5.97 Å². The van der Waals surface area contributed by atoms with Crippen molar-refractivity contribution in [3.8, 4) is 0 Å². The van der Waals surface area contributed by atoms with Crippen LogP contribution in [0.5, 0.6) is 0 Å². The molecule has 0 aromatic rings. The van der Waals surface area contributed by atoms with E-state index in [1.165, 1.54) is 141 Å². The Hall–Kier alpha value is -2.18. The van der Waals surface area contributed by atoms with Gasteiger partial charge in [-0.1, -0.05) is 230 Å². The lowest BCUT2D eigenvalue weighted by Crippen LogP contribution is -2.46. The number of carbonyl (C=O) groups is 2. The highest BCUT2D eigenvalue weighted by atomic mass is 16.5. The summed E-state index contributed by atoms with van der Waals surface area (Å²) in [6.07, 6.45) is 57.5. The van der Waals surface area contributed by atoms with Crippen molar-refractivity contribution in [1.82, 2.24) is 5.32 Å². The van der Waals surface area contributed by atoms with Gasteiger partial charge in [0.25, 0.3) is 0 Å². The largest absolute Gasteiger partial charge is 0.462 e. The maximum absolute atomic E-state index is 13.2. The summed E-state index contributed by atoms with van der Waals surface area (Å²) in [5.41, 5.74) is 0. The second-order valence-corrected chi connectivity index (χ2v) is 17.6. The molecule has 60 heavy (non-hydrogen) atoms. The summed E-state index contributed by atoms with van der Waals surface area (Å²) in [6, 6.07) is -0.709. The van der Waals surface area contributed by atoms with E-state index in [4.69, 9.17) is 4.74 Å². The third-order valence-corrected chi connectivity index (χ3v) is 11.7. The highest BCUT2D eigenvalue weighted by molar-refractivity contribution is 5.77. The number of unbranched alkanes of at least 4 members (excludes halogenated alkanes) is 26. The topological polar surface area (TPSA) is 95.9 Å².